The molecule has 15 nitrogen and oxygen atoms in total. The maximum Gasteiger partial charge on any atom is 0.331 e. The smallest absolute Gasteiger partial charge is 0.331 e. The van der Waals surface area contributed by atoms with E-state index in [0.29, 0.717) is 12.0 Å². The lowest BCUT2D eigenvalue weighted by atomic mass is 9.97. The van der Waals surface area contributed by atoms with Crippen LogP contribution < -0.4 is 9.47 Å². The van der Waals surface area contributed by atoms with E-state index in [-0.39, 0.29) is 29.6 Å². The van der Waals surface area contributed by atoms with Crippen molar-refractivity contribution in [2.24, 2.45) is 0 Å². The van der Waals surface area contributed by atoms with Crippen LogP contribution in [-0.2, 0) is 34.9 Å². The molecule has 0 spiro atoms. The zero-order valence-corrected chi connectivity index (χ0v) is 25.4. The van der Waals surface area contributed by atoms with Gasteiger partial charge < -0.3 is 68.9 Å². The first kappa shape index (κ1) is 35.3. The van der Waals surface area contributed by atoms with Crippen LogP contribution in [0.25, 0.3) is 6.08 Å². The van der Waals surface area contributed by atoms with Crippen molar-refractivity contribution in [1.82, 2.24) is 0 Å². The van der Waals surface area contributed by atoms with Crippen molar-refractivity contribution in [3.05, 3.63) is 53.6 Å². The first-order chi connectivity index (χ1) is 22.0. The summed E-state index contributed by atoms with van der Waals surface area (Å²) in [5.74, 6) is -0.622. The minimum atomic E-state index is -1.75. The van der Waals surface area contributed by atoms with Gasteiger partial charge in [0, 0.05) is 6.08 Å². The monoisotopic (exact) mass is 652 g/mol. The number of methoxy groups -OCH3 is 2. The molecule has 2 fully saturated rings. The molecule has 2 aromatic rings. The molecule has 46 heavy (non-hydrogen) atoms. The molecule has 0 saturated carbocycles. The quantitative estimate of drug-likeness (QED) is 0.114. The summed E-state index contributed by atoms with van der Waals surface area (Å²) in [4.78, 5) is 12.9. The molecular weight excluding hydrogens is 612 g/mol. The van der Waals surface area contributed by atoms with E-state index in [1.807, 2.05) is 0 Å². The van der Waals surface area contributed by atoms with Gasteiger partial charge in [0.1, 0.15) is 36.6 Å². The second-order valence-electron chi connectivity index (χ2n) is 10.8. The van der Waals surface area contributed by atoms with Crippen LogP contribution in [0.15, 0.2) is 42.5 Å². The van der Waals surface area contributed by atoms with E-state index in [4.69, 9.17) is 33.2 Å². The average molecular weight is 653 g/mol. The number of hydrogen-bond acceptors (Lipinski definition) is 15. The SMILES string of the molecule is COc1cc(C=CC(=O)O[C@@H]2[C@H](O[C@H]3O[C@H](C)[C@H](O)[C@H](O)[C@H]3O)[C@@H](O)[C@H](OCCc3ccc(O)c(OC)c3)O[C@H]2CO)ccc1O. The van der Waals surface area contributed by atoms with Crippen LogP contribution in [0.5, 0.6) is 23.0 Å². The Hall–Kier alpha value is -3.51. The molecule has 0 aromatic heterocycles. The van der Waals surface area contributed by atoms with Gasteiger partial charge in [0.05, 0.1) is 33.5 Å². The summed E-state index contributed by atoms with van der Waals surface area (Å²) in [5, 5.41) is 72.1. The number of benzene rings is 2. The molecule has 0 aliphatic carbocycles. The molecule has 15 heteroatoms. The minimum Gasteiger partial charge on any atom is -0.504 e. The van der Waals surface area contributed by atoms with Crippen LogP contribution in [0.1, 0.15) is 18.1 Å². The largest absolute Gasteiger partial charge is 0.504 e. The predicted octanol–water partition coefficient (Wildman–Crippen LogP) is -0.410. The van der Waals surface area contributed by atoms with E-state index in [1.54, 1.807) is 12.1 Å². The number of hydrogen-bond donors (Lipinski definition) is 7. The van der Waals surface area contributed by atoms with Crippen LogP contribution in [0, 0.1) is 0 Å². The van der Waals surface area contributed by atoms with Gasteiger partial charge in [0.2, 0.25) is 0 Å². The van der Waals surface area contributed by atoms with Gasteiger partial charge in [-0.1, -0.05) is 12.1 Å². The number of aromatic hydroxyl groups is 2. The van der Waals surface area contributed by atoms with Gasteiger partial charge in [-0.25, -0.2) is 4.79 Å². The highest BCUT2D eigenvalue weighted by Gasteiger charge is 2.52. The Morgan fingerprint density at radius 1 is 0.848 bits per heavy atom. The number of aliphatic hydroxyl groups excluding tert-OH is 5. The van der Waals surface area contributed by atoms with E-state index in [1.165, 1.54) is 51.5 Å². The number of rotatable bonds is 12. The molecule has 0 amide bonds. The van der Waals surface area contributed by atoms with Crippen molar-refractivity contribution in [1.29, 1.82) is 0 Å². The Kier molecular flexibility index (Phi) is 12.2. The lowest BCUT2D eigenvalue weighted by Crippen LogP contribution is -2.65. The van der Waals surface area contributed by atoms with Gasteiger partial charge in [0.25, 0.3) is 0 Å². The van der Waals surface area contributed by atoms with Crippen molar-refractivity contribution >= 4 is 12.0 Å². The van der Waals surface area contributed by atoms with E-state index in [0.717, 1.165) is 11.6 Å². The number of aliphatic hydroxyl groups is 5. The summed E-state index contributed by atoms with van der Waals surface area (Å²) in [6.07, 6.45) is -12.0. The molecule has 2 aliphatic rings. The second-order valence-corrected chi connectivity index (χ2v) is 10.8. The third kappa shape index (κ3) is 8.25. The summed E-state index contributed by atoms with van der Waals surface area (Å²) < 4.78 is 38.7. The highest BCUT2D eigenvalue weighted by Crippen LogP contribution is 2.32. The highest BCUT2D eigenvalue weighted by molar-refractivity contribution is 5.87. The van der Waals surface area contributed by atoms with Crippen molar-refractivity contribution in [2.45, 2.75) is 74.8 Å². The van der Waals surface area contributed by atoms with Crippen molar-refractivity contribution in [2.75, 3.05) is 27.4 Å². The third-order valence-corrected chi connectivity index (χ3v) is 7.68. The number of ether oxygens (including phenoxy) is 7. The molecule has 0 bridgehead atoms. The lowest BCUT2D eigenvalue weighted by Gasteiger charge is -2.46. The van der Waals surface area contributed by atoms with Crippen LogP contribution in [0.2, 0.25) is 0 Å². The number of phenolic OH excluding ortho intramolecular Hbond substituents is 2. The summed E-state index contributed by atoms with van der Waals surface area (Å²) in [6.45, 7) is 0.733. The summed E-state index contributed by atoms with van der Waals surface area (Å²) in [7, 11) is 2.78. The summed E-state index contributed by atoms with van der Waals surface area (Å²) >= 11 is 0. The maximum absolute atomic E-state index is 12.9. The van der Waals surface area contributed by atoms with E-state index >= 15 is 0 Å². The summed E-state index contributed by atoms with van der Waals surface area (Å²) in [5.41, 5.74) is 1.22. The Morgan fingerprint density at radius 2 is 1.52 bits per heavy atom. The zero-order chi connectivity index (χ0) is 33.5. The Balaban J connectivity index is 1.52. The molecule has 0 radical (unpaired) electrons. The van der Waals surface area contributed by atoms with Gasteiger partial charge >= 0.3 is 5.97 Å². The molecular formula is C31H40O15. The molecule has 10 atom stereocenters. The normalized spacial score (nSPS) is 31.5. The third-order valence-electron chi connectivity index (χ3n) is 7.68. The Labute approximate surface area is 264 Å². The maximum atomic E-state index is 12.9. The molecule has 7 N–H and O–H groups in total. The van der Waals surface area contributed by atoms with E-state index in [2.05, 4.69) is 0 Å². The van der Waals surface area contributed by atoms with Gasteiger partial charge in [-0.05, 0) is 54.8 Å². The fourth-order valence-electron chi connectivity index (χ4n) is 5.06. The minimum absolute atomic E-state index is 0.00565. The van der Waals surface area contributed by atoms with Crippen LogP contribution >= 0.6 is 0 Å². The standard InChI is InChI=1S/C31H40O15/c1-15-24(36)25(37)26(38)31(43-15)46-29-27(39)30(42-11-10-17-5-8-19(34)21(13-17)41-3)44-22(14-32)28(29)45-23(35)9-6-16-4-7-18(33)20(12-16)40-2/h4-9,12-13,15,22,24-34,36-39H,10-11,14H2,1-3H3/t15-,22+,24+,25+,26-,27-,28+,29-,30-,31-/m1/s1. The molecule has 2 saturated heterocycles. The van der Waals surface area contributed by atoms with Crippen molar-refractivity contribution in [3.63, 3.8) is 0 Å². The number of carbonyl (C=O) groups is 1. The van der Waals surface area contributed by atoms with Crippen molar-refractivity contribution in [3.8, 4) is 23.0 Å². The van der Waals surface area contributed by atoms with Gasteiger partial charge in [-0.15, -0.1) is 0 Å². The fraction of sp³-hybridized carbons (Fsp3) is 0.516. The zero-order valence-electron chi connectivity index (χ0n) is 25.4. The van der Waals surface area contributed by atoms with Crippen molar-refractivity contribution < 1.29 is 73.7 Å². The first-order valence-electron chi connectivity index (χ1n) is 14.5. The molecule has 254 valence electrons. The molecule has 2 aromatic carbocycles. The first-order valence-corrected chi connectivity index (χ1v) is 14.5. The molecule has 2 heterocycles. The predicted molar refractivity (Wildman–Crippen MR) is 157 cm³/mol. The topological polar surface area (TPSA) is 223 Å². The molecule has 0 unspecified atom stereocenters. The Bertz CT molecular complexity index is 1340. The van der Waals surface area contributed by atoms with E-state index < -0.39 is 74.0 Å². The Morgan fingerprint density at radius 3 is 2.20 bits per heavy atom. The molecule has 4 rings (SSSR count). The van der Waals surface area contributed by atoms with E-state index in [9.17, 15) is 40.5 Å². The lowest BCUT2D eigenvalue weighted by molar-refractivity contribution is -0.357. The van der Waals surface area contributed by atoms with Crippen LogP contribution in [0.4, 0.5) is 0 Å². The second kappa shape index (κ2) is 15.9. The average Bonchev–Trinajstić information content (AvgIpc) is 3.05. The van der Waals surface area contributed by atoms with Gasteiger partial charge in [-0.2, -0.15) is 0 Å². The highest BCUT2D eigenvalue weighted by atomic mass is 16.7. The summed E-state index contributed by atoms with van der Waals surface area (Å²) in [6, 6.07) is 9.10. The van der Waals surface area contributed by atoms with Crippen LogP contribution in [-0.4, -0.2) is 131 Å². The number of carbonyl (C=O) groups excluding carboxylic acids is 1. The van der Waals surface area contributed by atoms with Gasteiger partial charge in [-0.3, -0.25) is 0 Å². The number of esters is 1. The van der Waals surface area contributed by atoms with Crippen LogP contribution in [0.3, 0.4) is 0 Å². The molecule has 2 aliphatic heterocycles. The fourth-order valence-corrected chi connectivity index (χ4v) is 5.06. The number of phenols is 2. The van der Waals surface area contributed by atoms with Gasteiger partial charge in [0.15, 0.2) is 41.7 Å².